The Morgan fingerprint density at radius 1 is 1.39 bits per heavy atom. The molecule has 1 atom stereocenters. The molecule has 0 bridgehead atoms. The molecule has 0 aliphatic heterocycles. The van der Waals surface area contributed by atoms with Crippen molar-refractivity contribution in [2.24, 2.45) is 5.73 Å². The van der Waals surface area contributed by atoms with Crippen LogP contribution in [-0.4, -0.2) is 10.6 Å². The van der Waals surface area contributed by atoms with Crippen LogP contribution in [0.15, 0.2) is 41.1 Å². The highest BCUT2D eigenvalue weighted by molar-refractivity contribution is 9.10. The number of hydrogen-bond donors (Lipinski definition) is 1. The Bertz CT molecular complexity index is 534. The van der Waals surface area contributed by atoms with Gasteiger partial charge in [0.05, 0.1) is 0 Å². The molecule has 96 valence electrons. The molecule has 0 spiro atoms. The Hall–Kier alpha value is -1.13. The van der Waals surface area contributed by atoms with Crippen LogP contribution < -0.4 is 5.73 Å². The molecule has 0 saturated heterocycles. The summed E-state index contributed by atoms with van der Waals surface area (Å²) in [4.78, 5) is 0. The van der Waals surface area contributed by atoms with E-state index in [9.17, 15) is 4.39 Å². The minimum Gasteiger partial charge on any atom is -0.350 e. The van der Waals surface area contributed by atoms with Crippen LogP contribution in [0.3, 0.4) is 0 Å². The van der Waals surface area contributed by atoms with E-state index < -0.39 is 0 Å². The quantitative estimate of drug-likeness (QED) is 0.922. The second kappa shape index (κ2) is 5.67. The largest absolute Gasteiger partial charge is 0.350 e. The molecule has 18 heavy (non-hydrogen) atoms. The van der Waals surface area contributed by atoms with Crippen LogP contribution in [0, 0.1) is 5.82 Å². The van der Waals surface area contributed by atoms with E-state index in [0.29, 0.717) is 12.1 Å². The molecule has 2 N–H and O–H groups in total. The fourth-order valence-electron chi connectivity index (χ4n) is 1.93. The average Bonchev–Trinajstić information content (AvgIpc) is 2.69. The van der Waals surface area contributed by atoms with E-state index in [0.717, 1.165) is 10.9 Å². The fourth-order valence-corrected chi connectivity index (χ4v) is 2.26. The van der Waals surface area contributed by atoms with E-state index in [4.69, 9.17) is 5.73 Å². The molecule has 1 heterocycles. The molecule has 0 aliphatic carbocycles. The maximum absolute atomic E-state index is 13.7. The van der Waals surface area contributed by atoms with Crippen LogP contribution in [0.4, 0.5) is 4.39 Å². The van der Waals surface area contributed by atoms with Crippen LogP contribution in [-0.2, 0) is 13.0 Å². The van der Waals surface area contributed by atoms with E-state index in [2.05, 4.69) is 15.9 Å². The summed E-state index contributed by atoms with van der Waals surface area (Å²) in [7, 11) is 0. The van der Waals surface area contributed by atoms with E-state index in [1.54, 1.807) is 6.07 Å². The number of nitrogens with two attached hydrogens (primary N) is 1. The first-order valence-corrected chi connectivity index (χ1v) is 6.68. The summed E-state index contributed by atoms with van der Waals surface area (Å²) in [5.41, 5.74) is 7.62. The number of hydrogen-bond acceptors (Lipinski definition) is 1. The number of benzene rings is 1. The first-order valence-electron chi connectivity index (χ1n) is 5.89. The SMILES string of the molecule is CC(N)Cc1ccn(Cc2ccc(Br)cc2F)c1. The van der Waals surface area contributed by atoms with E-state index in [1.807, 2.05) is 36.0 Å². The van der Waals surface area contributed by atoms with Crippen molar-refractivity contribution in [1.29, 1.82) is 0 Å². The average molecular weight is 311 g/mol. The Kier molecular flexibility index (Phi) is 4.19. The predicted molar refractivity (Wildman–Crippen MR) is 75.0 cm³/mol. The van der Waals surface area contributed by atoms with Gasteiger partial charge in [-0.1, -0.05) is 22.0 Å². The van der Waals surface area contributed by atoms with E-state index in [1.165, 1.54) is 11.6 Å². The highest BCUT2D eigenvalue weighted by Crippen LogP contribution is 2.16. The van der Waals surface area contributed by atoms with Gasteiger partial charge in [-0.25, -0.2) is 4.39 Å². The van der Waals surface area contributed by atoms with Crippen LogP contribution >= 0.6 is 15.9 Å². The summed E-state index contributed by atoms with van der Waals surface area (Å²) < 4.78 is 16.4. The zero-order valence-electron chi connectivity index (χ0n) is 10.2. The summed E-state index contributed by atoms with van der Waals surface area (Å²) in [6.07, 6.45) is 4.82. The third-order valence-corrected chi connectivity index (χ3v) is 3.23. The van der Waals surface area contributed by atoms with Crippen molar-refractivity contribution >= 4 is 15.9 Å². The Morgan fingerprint density at radius 3 is 2.83 bits per heavy atom. The molecule has 2 rings (SSSR count). The molecule has 0 radical (unpaired) electrons. The van der Waals surface area contributed by atoms with Gasteiger partial charge in [-0.15, -0.1) is 0 Å². The molecular weight excluding hydrogens is 295 g/mol. The number of rotatable bonds is 4. The van der Waals surface area contributed by atoms with Gasteiger partial charge in [0, 0.05) is 35.0 Å². The normalized spacial score (nSPS) is 12.7. The van der Waals surface area contributed by atoms with Gasteiger partial charge < -0.3 is 10.3 Å². The molecule has 0 saturated carbocycles. The zero-order valence-corrected chi connectivity index (χ0v) is 11.8. The van der Waals surface area contributed by atoms with Crippen molar-refractivity contribution in [2.75, 3.05) is 0 Å². The summed E-state index contributed by atoms with van der Waals surface area (Å²) in [6.45, 7) is 2.52. The van der Waals surface area contributed by atoms with Gasteiger partial charge >= 0.3 is 0 Å². The maximum atomic E-state index is 13.7. The Morgan fingerprint density at radius 2 is 2.17 bits per heavy atom. The van der Waals surface area contributed by atoms with Gasteiger partial charge in [0.15, 0.2) is 0 Å². The lowest BCUT2D eigenvalue weighted by molar-refractivity contribution is 0.598. The van der Waals surface area contributed by atoms with E-state index in [-0.39, 0.29) is 11.9 Å². The molecular formula is C14H16BrFN2. The summed E-state index contributed by atoms with van der Waals surface area (Å²) in [6, 6.07) is 7.31. The van der Waals surface area contributed by atoms with Crippen LogP contribution in [0.5, 0.6) is 0 Å². The fraction of sp³-hybridized carbons (Fsp3) is 0.286. The standard InChI is InChI=1S/C14H16BrFN2/c1-10(17)6-11-4-5-18(8-11)9-12-2-3-13(15)7-14(12)16/h2-5,7-8,10H,6,9,17H2,1H3. The molecule has 2 aromatic rings. The number of nitrogens with zero attached hydrogens (tertiary/aromatic N) is 1. The van der Waals surface area contributed by atoms with Crippen molar-refractivity contribution < 1.29 is 4.39 Å². The van der Waals surface area contributed by atoms with Crippen molar-refractivity contribution in [3.63, 3.8) is 0 Å². The lowest BCUT2D eigenvalue weighted by Crippen LogP contribution is -2.17. The summed E-state index contributed by atoms with van der Waals surface area (Å²) in [5.74, 6) is -0.188. The van der Waals surface area contributed by atoms with Gasteiger partial charge in [-0.2, -0.15) is 0 Å². The topological polar surface area (TPSA) is 30.9 Å². The van der Waals surface area contributed by atoms with Crippen molar-refractivity contribution in [3.05, 3.63) is 58.1 Å². The smallest absolute Gasteiger partial charge is 0.129 e. The van der Waals surface area contributed by atoms with Gasteiger partial charge in [-0.05, 0) is 37.1 Å². The highest BCUT2D eigenvalue weighted by Gasteiger charge is 2.05. The highest BCUT2D eigenvalue weighted by atomic mass is 79.9. The number of halogens is 2. The molecule has 0 fully saturated rings. The third-order valence-electron chi connectivity index (χ3n) is 2.74. The van der Waals surface area contributed by atoms with Gasteiger partial charge in [0.1, 0.15) is 5.82 Å². The zero-order chi connectivity index (χ0) is 13.1. The molecule has 1 aromatic carbocycles. The first kappa shape index (κ1) is 13.3. The predicted octanol–water partition coefficient (Wildman–Crippen LogP) is 3.33. The van der Waals surface area contributed by atoms with Crippen LogP contribution in [0.2, 0.25) is 0 Å². The summed E-state index contributed by atoms with van der Waals surface area (Å²) in [5, 5.41) is 0. The van der Waals surface area contributed by atoms with Crippen LogP contribution in [0.1, 0.15) is 18.1 Å². The van der Waals surface area contributed by atoms with Gasteiger partial charge in [-0.3, -0.25) is 0 Å². The number of aromatic nitrogens is 1. The lowest BCUT2D eigenvalue weighted by atomic mass is 10.1. The van der Waals surface area contributed by atoms with Crippen molar-refractivity contribution in [2.45, 2.75) is 25.9 Å². The molecule has 2 nitrogen and oxygen atoms in total. The van der Waals surface area contributed by atoms with Gasteiger partial charge in [0.25, 0.3) is 0 Å². The second-order valence-electron chi connectivity index (χ2n) is 4.61. The molecule has 4 heteroatoms. The molecule has 1 aromatic heterocycles. The second-order valence-corrected chi connectivity index (χ2v) is 5.52. The molecule has 0 amide bonds. The molecule has 1 unspecified atom stereocenters. The van der Waals surface area contributed by atoms with Crippen molar-refractivity contribution in [3.8, 4) is 0 Å². The Labute approximate surface area is 115 Å². The monoisotopic (exact) mass is 310 g/mol. The summed E-state index contributed by atoms with van der Waals surface area (Å²) >= 11 is 3.25. The minimum atomic E-state index is -0.188. The minimum absolute atomic E-state index is 0.144. The van der Waals surface area contributed by atoms with Crippen molar-refractivity contribution in [1.82, 2.24) is 4.57 Å². The third kappa shape index (κ3) is 3.43. The lowest BCUT2D eigenvalue weighted by Gasteiger charge is -2.05. The van der Waals surface area contributed by atoms with Gasteiger partial charge in [0.2, 0.25) is 0 Å². The van der Waals surface area contributed by atoms with E-state index >= 15 is 0 Å². The first-order chi connectivity index (χ1) is 8.54. The molecule has 0 aliphatic rings. The maximum Gasteiger partial charge on any atom is 0.129 e. The Balaban J connectivity index is 2.11. The van der Waals surface area contributed by atoms with Crippen LogP contribution in [0.25, 0.3) is 0 Å².